The molecule has 0 bridgehead atoms. The zero-order valence-electron chi connectivity index (χ0n) is 7.90. The van der Waals surface area contributed by atoms with Crippen molar-refractivity contribution in [2.45, 2.75) is 5.38 Å². The van der Waals surface area contributed by atoms with Crippen LogP contribution in [0, 0.1) is 0 Å². The van der Waals surface area contributed by atoms with Gasteiger partial charge >= 0.3 is 0 Å². The van der Waals surface area contributed by atoms with Crippen molar-refractivity contribution in [3.63, 3.8) is 0 Å². The smallest absolute Gasteiger partial charge is 0.0735 e. The predicted molar refractivity (Wildman–Crippen MR) is 54.7 cm³/mol. The summed E-state index contributed by atoms with van der Waals surface area (Å²) >= 11 is 6.16. The van der Waals surface area contributed by atoms with Crippen molar-refractivity contribution in [3.05, 3.63) is 35.9 Å². The molecule has 0 spiro atoms. The molecule has 0 aliphatic rings. The van der Waals surface area contributed by atoms with Crippen molar-refractivity contribution >= 4 is 11.6 Å². The summed E-state index contributed by atoms with van der Waals surface area (Å²) in [4.78, 5) is 4.99. The molecule has 0 saturated carbocycles. The van der Waals surface area contributed by atoms with Gasteiger partial charge in [-0.3, -0.25) is 0 Å². The lowest BCUT2D eigenvalue weighted by molar-refractivity contribution is -0.108. The minimum atomic E-state index is -0.0221. The number of halogens is 1. The largest absolute Gasteiger partial charge is 0.303 e. The van der Waals surface area contributed by atoms with Crippen LogP contribution in [0.3, 0.4) is 0 Å². The number of rotatable bonds is 4. The van der Waals surface area contributed by atoms with E-state index in [-0.39, 0.29) is 5.38 Å². The summed E-state index contributed by atoms with van der Waals surface area (Å²) in [5, 5.41) is 1.69. The van der Waals surface area contributed by atoms with E-state index in [9.17, 15) is 0 Å². The van der Waals surface area contributed by atoms with E-state index in [4.69, 9.17) is 16.4 Å². The molecule has 1 rings (SSSR count). The maximum Gasteiger partial charge on any atom is 0.0735 e. The summed E-state index contributed by atoms with van der Waals surface area (Å²) < 4.78 is 0. The van der Waals surface area contributed by atoms with Crippen molar-refractivity contribution < 1.29 is 4.84 Å². The Bertz CT molecular complexity index is 240. The van der Waals surface area contributed by atoms with Gasteiger partial charge in [0.2, 0.25) is 0 Å². The first-order chi connectivity index (χ1) is 6.24. The third kappa shape index (κ3) is 3.35. The fraction of sp³-hybridized carbons (Fsp3) is 0.400. The molecule has 1 aromatic carbocycles. The van der Waals surface area contributed by atoms with Crippen LogP contribution in [0.1, 0.15) is 10.9 Å². The molecule has 1 atom stereocenters. The van der Waals surface area contributed by atoms with Crippen molar-refractivity contribution in [1.29, 1.82) is 0 Å². The summed E-state index contributed by atoms with van der Waals surface area (Å²) in [5.41, 5.74) is 1.12. The van der Waals surface area contributed by atoms with Crippen LogP contribution in [0.25, 0.3) is 0 Å². The summed E-state index contributed by atoms with van der Waals surface area (Å²) in [6.45, 7) is 0.683. The minimum absolute atomic E-state index is 0.0221. The third-order valence-electron chi connectivity index (χ3n) is 1.89. The highest BCUT2D eigenvalue weighted by atomic mass is 35.5. The van der Waals surface area contributed by atoms with Gasteiger partial charge in [0.25, 0.3) is 0 Å². The van der Waals surface area contributed by atoms with Crippen LogP contribution in [0.4, 0.5) is 0 Å². The van der Waals surface area contributed by atoms with Crippen molar-refractivity contribution in [2.75, 3.05) is 20.7 Å². The number of hydroxylamine groups is 2. The Morgan fingerprint density at radius 1 is 1.38 bits per heavy atom. The number of hydrogen-bond acceptors (Lipinski definition) is 2. The average Bonchev–Trinajstić information content (AvgIpc) is 2.19. The molecule has 0 unspecified atom stereocenters. The van der Waals surface area contributed by atoms with Crippen LogP contribution in [-0.2, 0) is 4.84 Å². The molecular formula is C10H14ClNO. The lowest BCUT2D eigenvalue weighted by atomic mass is 10.1. The molecule has 0 saturated heterocycles. The highest BCUT2D eigenvalue weighted by Gasteiger charge is 2.09. The molecule has 0 aliphatic carbocycles. The van der Waals surface area contributed by atoms with E-state index in [1.165, 1.54) is 0 Å². The van der Waals surface area contributed by atoms with Gasteiger partial charge in [0.15, 0.2) is 0 Å². The molecule has 0 amide bonds. The van der Waals surface area contributed by atoms with Gasteiger partial charge in [-0.1, -0.05) is 30.3 Å². The van der Waals surface area contributed by atoms with Gasteiger partial charge in [0.05, 0.1) is 12.5 Å². The van der Waals surface area contributed by atoms with E-state index in [1.54, 1.807) is 12.2 Å². The van der Waals surface area contributed by atoms with Gasteiger partial charge < -0.3 is 4.84 Å². The zero-order chi connectivity index (χ0) is 9.68. The van der Waals surface area contributed by atoms with Crippen molar-refractivity contribution in [1.82, 2.24) is 5.06 Å². The van der Waals surface area contributed by atoms with Crippen LogP contribution in [-0.4, -0.2) is 25.8 Å². The van der Waals surface area contributed by atoms with Crippen molar-refractivity contribution in [2.24, 2.45) is 0 Å². The zero-order valence-corrected chi connectivity index (χ0v) is 8.66. The second-order valence-corrected chi connectivity index (χ2v) is 3.40. The molecule has 0 radical (unpaired) electrons. The summed E-state index contributed by atoms with van der Waals surface area (Å²) in [6.07, 6.45) is 0. The summed E-state index contributed by atoms with van der Waals surface area (Å²) in [6, 6.07) is 9.98. The molecule has 0 N–H and O–H groups in total. The molecule has 1 aromatic rings. The maximum absolute atomic E-state index is 6.16. The number of likely N-dealkylation sites (N-methyl/N-ethyl adjacent to an activating group) is 1. The topological polar surface area (TPSA) is 12.5 Å². The monoisotopic (exact) mass is 199 g/mol. The third-order valence-corrected chi connectivity index (χ3v) is 2.28. The standard InChI is InChI=1S/C10H14ClNO/c1-12(13-2)8-10(11)9-6-4-3-5-7-9/h3-7,10H,8H2,1-2H3/t10-/m1/s1. The molecule has 13 heavy (non-hydrogen) atoms. The Hall–Kier alpha value is -0.570. The van der Waals surface area contributed by atoms with E-state index >= 15 is 0 Å². The number of benzene rings is 1. The van der Waals surface area contributed by atoms with E-state index in [2.05, 4.69) is 0 Å². The minimum Gasteiger partial charge on any atom is -0.303 e. The molecular weight excluding hydrogens is 186 g/mol. The molecule has 0 aliphatic heterocycles. The van der Waals surface area contributed by atoms with Gasteiger partial charge in [-0.2, -0.15) is 5.06 Å². The first kappa shape index (κ1) is 10.5. The first-order valence-electron chi connectivity index (χ1n) is 4.18. The van der Waals surface area contributed by atoms with Crippen LogP contribution in [0.2, 0.25) is 0 Å². The Labute approximate surface area is 84.0 Å². The number of alkyl halides is 1. The van der Waals surface area contributed by atoms with Crippen LogP contribution in [0.15, 0.2) is 30.3 Å². The molecule has 0 fully saturated rings. The van der Waals surface area contributed by atoms with Gasteiger partial charge in [-0.25, -0.2) is 0 Å². The lowest BCUT2D eigenvalue weighted by Gasteiger charge is -2.17. The molecule has 72 valence electrons. The highest BCUT2D eigenvalue weighted by Crippen LogP contribution is 2.20. The Kier molecular flexibility index (Phi) is 4.22. The fourth-order valence-corrected chi connectivity index (χ4v) is 1.41. The summed E-state index contributed by atoms with van der Waals surface area (Å²) in [7, 11) is 3.49. The van der Waals surface area contributed by atoms with Crippen LogP contribution < -0.4 is 0 Å². The SMILES string of the molecule is CON(C)C[C@@H](Cl)c1ccccc1. The van der Waals surface area contributed by atoms with E-state index in [0.29, 0.717) is 6.54 Å². The first-order valence-corrected chi connectivity index (χ1v) is 4.62. The average molecular weight is 200 g/mol. The summed E-state index contributed by atoms with van der Waals surface area (Å²) in [5.74, 6) is 0. The van der Waals surface area contributed by atoms with E-state index in [0.717, 1.165) is 5.56 Å². The highest BCUT2D eigenvalue weighted by molar-refractivity contribution is 6.20. The van der Waals surface area contributed by atoms with Crippen LogP contribution in [0.5, 0.6) is 0 Å². The van der Waals surface area contributed by atoms with Gasteiger partial charge in [0.1, 0.15) is 0 Å². The van der Waals surface area contributed by atoms with Crippen molar-refractivity contribution in [3.8, 4) is 0 Å². The van der Waals surface area contributed by atoms with Gasteiger partial charge in [0, 0.05) is 13.6 Å². The lowest BCUT2D eigenvalue weighted by Crippen LogP contribution is -2.21. The fourth-order valence-electron chi connectivity index (χ4n) is 1.07. The molecule has 0 heterocycles. The maximum atomic E-state index is 6.16. The quantitative estimate of drug-likeness (QED) is 0.546. The Morgan fingerprint density at radius 2 is 2.00 bits per heavy atom. The number of hydrogen-bond donors (Lipinski definition) is 0. The molecule has 2 nitrogen and oxygen atoms in total. The predicted octanol–water partition coefficient (Wildman–Crippen LogP) is 2.46. The van der Waals surface area contributed by atoms with Gasteiger partial charge in [-0.05, 0) is 5.56 Å². The Morgan fingerprint density at radius 3 is 2.54 bits per heavy atom. The normalized spacial score (nSPS) is 13.2. The Balaban J connectivity index is 2.53. The van der Waals surface area contributed by atoms with E-state index < -0.39 is 0 Å². The van der Waals surface area contributed by atoms with Gasteiger partial charge in [-0.15, -0.1) is 11.6 Å². The molecule has 0 aromatic heterocycles. The van der Waals surface area contributed by atoms with E-state index in [1.807, 2.05) is 37.4 Å². The van der Waals surface area contributed by atoms with Crippen LogP contribution >= 0.6 is 11.6 Å². The molecule has 3 heteroatoms. The number of nitrogens with zero attached hydrogens (tertiary/aromatic N) is 1. The second-order valence-electron chi connectivity index (χ2n) is 2.87. The second kappa shape index (κ2) is 5.22.